The minimum absolute atomic E-state index is 0.0792. The predicted molar refractivity (Wildman–Crippen MR) is 84.9 cm³/mol. The molecule has 1 amide bonds. The van der Waals surface area contributed by atoms with Crippen molar-refractivity contribution in [3.05, 3.63) is 50.0 Å². The largest absolute Gasteiger partial charge is 0.398 e. The number of non-ortho nitro benzene ring substituents is 1. The Morgan fingerprint density at radius 3 is 2.68 bits per heavy atom. The number of nitrogens with zero attached hydrogens (tertiary/aromatic N) is 2. The lowest BCUT2D eigenvalue weighted by Crippen LogP contribution is -2.41. The quantitative estimate of drug-likeness (QED) is 0.511. The molecule has 0 spiro atoms. The SMILES string of the molecule is Cc1cnc(C(C)(C)NC(=O)c2cc([N+](=O)[O-])ccc2N)s1. The van der Waals surface area contributed by atoms with Crippen LogP contribution in [0.15, 0.2) is 24.4 Å². The number of anilines is 1. The number of nitro groups is 1. The molecule has 0 aliphatic carbocycles. The van der Waals surface area contributed by atoms with Gasteiger partial charge in [0.25, 0.3) is 11.6 Å². The highest BCUT2D eigenvalue weighted by atomic mass is 32.1. The van der Waals surface area contributed by atoms with Crippen LogP contribution in [-0.2, 0) is 5.54 Å². The average molecular weight is 320 g/mol. The number of rotatable bonds is 4. The Hall–Kier alpha value is -2.48. The monoisotopic (exact) mass is 320 g/mol. The zero-order valence-corrected chi connectivity index (χ0v) is 13.2. The number of carbonyl (C=O) groups excluding carboxylic acids is 1. The van der Waals surface area contributed by atoms with E-state index in [1.165, 1.54) is 29.5 Å². The van der Waals surface area contributed by atoms with Gasteiger partial charge in [-0.2, -0.15) is 0 Å². The first-order chi connectivity index (χ1) is 10.2. The molecule has 0 bridgehead atoms. The van der Waals surface area contributed by atoms with Gasteiger partial charge in [-0.05, 0) is 26.8 Å². The van der Waals surface area contributed by atoms with Gasteiger partial charge in [0.15, 0.2) is 0 Å². The maximum atomic E-state index is 12.4. The van der Waals surface area contributed by atoms with Crippen LogP contribution in [0.3, 0.4) is 0 Å². The molecule has 2 rings (SSSR count). The number of aromatic nitrogens is 1. The van der Waals surface area contributed by atoms with E-state index >= 15 is 0 Å². The van der Waals surface area contributed by atoms with Gasteiger partial charge >= 0.3 is 0 Å². The lowest BCUT2D eigenvalue weighted by atomic mass is 10.0. The number of nitrogen functional groups attached to an aromatic ring is 1. The Bertz CT molecular complexity index is 739. The van der Waals surface area contributed by atoms with Gasteiger partial charge in [0.2, 0.25) is 0 Å². The molecule has 0 aliphatic heterocycles. The van der Waals surface area contributed by atoms with Crippen LogP contribution in [0.1, 0.15) is 34.1 Å². The van der Waals surface area contributed by atoms with Crippen molar-refractivity contribution in [2.45, 2.75) is 26.3 Å². The molecule has 0 fully saturated rings. The highest BCUT2D eigenvalue weighted by Gasteiger charge is 2.28. The summed E-state index contributed by atoms with van der Waals surface area (Å²) in [7, 11) is 0. The molecule has 1 heterocycles. The lowest BCUT2D eigenvalue weighted by molar-refractivity contribution is -0.384. The van der Waals surface area contributed by atoms with Gasteiger partial charge in [-0.1, -0.05) is 0 Å². The maximum absolute atomic E-state index is 12.4. The van der Waals surface area contributed by atoms with Gasteiger partial charge in [0.1, 0.15) is 5.01 Å². The van der Waals surface area contributed by atoms with E-state index < -0.39 is 16.4 Å². The fourth-order valence-electron chi connectivity index (χ4n) is 1.90. The minimum atomic E-state index is -0.701. The van der Waals surface area contributed by atoms with Crippen molar-refractivity contribution in [2.24, 2.45) is 0 Å². The number of carbonyl (C=O) groups is 1. The molecular formula is C14H16N4O3S. The average Bonchev–Trinajstić information content (AvgIpc) is 2.86. The van der Waals surface area contributed by atoms with Gasteiger partial charge in [0.05, 0.1) is 16.0 Å². The summed E-state index contributed by atoms with van der Waals surface area (Å²) in [6.45, 7) is 5.56. The van der Waals surface area contributed by atoms with Crippen molar-refractivity contribution in [1.29, 1.82) is 0 Å². The van der Waals surface area contributed by atoms with Crippen LogP contribution in [0.5, 0.6) is 0 Å². The molecule has 0 radical (unpaired) electrons. The van der Waals surface area contributed by atoms with E-state index in [0.717, 1.165) is 9.88 Å². The molecule has 1 aromatic carbocycles. The molecule has 0 unspecified atom stereocenters. The van der Waals surface area contributed by atoms with E-state index in [0.29, 0.717) is 0 Å². The maximum Gasteiger partial charge on any atom is 0.270 e. The minimum Gasteiger partial charge on any atom is -0.398 e. The van der Waals surface area contributed by atoms with Crippen LogP contribution in [0, 0.1) is 17.0 Å². The number of aryl methyl sites for hydroxylation is 1. The van der Waals surface area contributed by atoms with Crippen LogP contribution in [-0.4, -0.2) is 15.8 Å². The lowest BCUT2D eigenvalue weighted by Gasteiger charge is -2.24. The molecule has 0 atom stereocenters. The standard InChI is InChI=1S/C14H16N4O3S/c1-8-7-16-13(22-8)14(2,3)17-12(19)10-6-9(18(20)21)4-5-11(10)15/h4-7H,15H2,1-3H3,(H,17,19). The second kappa shape index (κ2) is 5.72. The molecular weight excluding hydrogens is 304 g/mol. The summed E-state index contributed by atoms with van der Waals surface area (Å²) in [4.78, 5) is 28.0. The molecule has 0 saturated heterocycles. The van der Waals surface area contributed by atoms with Crippen LogP contribution in [0.25, 0.3) is 0 Å². The molecule has 22 heavy (non-hydrogen) atoms. The van der Waals surface area contributed by atoms with Crippen molar-refractivity contribution in [1.82, 2.24) is 10.3 Å². The first-order valence-electron chi connectivity index (χ1n) is 6.50. The number of amides is 1. The van der Waals surface area contributed by atoms with E-state index in [9.17, 15) is 14.9 Å². The van der Waals surface area contributed by atoms with Crippen LogP contribution in [0.4, 0.5) is 11.4 Å². The van der Waals surface area contributed by atoms with E-state index in [2.05, 4.69) is 10.3 Å². The van der Waals surface area contributed by atoms with E-state index in [1.807, 2.05) is 20.8 Å². The topological polar surface area (TPSA) is 111 Å². The van der Waals surface area contributed by atoms with E-state index in [4.69, 9.17) is 5.73 Å². The Morgan fingerprint density at radius 2 is 2.14 bits per heavy atom. The molecule has 7 nitrogen and oxygen atoms in total. The molecule has 0 saturated carbocycles. The zero-order chi connectivity index (χ0) is 16.5. The number of hydrogen-bond donors (Lipinski definition) is 2. The normalized spacial score (nSPS) is 11.2. The van der Waals surface area contributed by atoms with E-state index in [-0.39, 0.29) is 16.9 Å². The van der Waals surface area contributed by atoms with Gasteiger partial charge in [-0.3, -0.25) is 14.9 Å². The molecule has 8 heteroatoms. The summed E-state index contributed by atoms with van der Waals surface area (Å²) in [5.74, 6) is -0.473. The smallest absolute Gasteiger partial charge is 0.270 e. The highest BCUT2D eigenvalue weighted by Crippen LogP contribution is 2.26. The number of benzene rings is 1. The Morgan fingerprint density at radius 1 is 1.45 bits per heavy atom. The number of nitrogens with one attached hydrogen (secondary N) is 1. The summed E-state index contributed by atoms with van der Waals surface area (Å²) in [6.07, 6.45) is 1.73. The van der Waals surface area contributed by atoms with Gasteiger partial charge in [0, 0.05) is 28.9 Å². The zero-order valence-electron chi connectivity index (χ0n) is 12.4. The molecule has 2 aromatic rings. The predicted octanol–water partition coefficient (Wildman–Crippen LogP) is 2.61. The number of thiazole rings is 1. The Kier molecular flexibility index (Phi) is 4.14. The van der Waals surface area contributed by atoms with Crippen molar-refractivity contribution in [3.8, 4) is 0 Å². The molecule has 0 aliphatic rings. The number of hydrogen-bond acceptors (Lipinski definition) is 6. The van der Waals surface area contributed by atoms with Crippen molar-refractivity contribution in [2.75, 3.05) is 5.73 Å². The van der Waals surface area contributed by atoms with Crippen LogP contribution in [0.2, 0.25) is 0 Å². The van der Waals surface area contributed by atoms with Gasteiger partial charge in [-0.15, -0.1) is 11.3 Å². The van der Waals surface area contributed by atoms with Gasteiger partial charge < -0.3 is 11.1 Å². The summed E-state index contributed by atoms with van der Waals surface area (Å²) in [5.41, 5.74) is 5.14. The summed E-state index contributed by atoms with van der Waals surface area (Å²) < 4.78 is 0. The summed E-state index contributed by atoms with van der Waals surface area (Å²) >= 11 is 1.48. The first kappa shape index (κ1) is 15.9. The third-order valence-corrected chi connectivity index (χ3v) is 4.31. The number of nitro benzene ring substituents is 1. The second-order valence-electron chi connectivity index (χ2n) is 5.38. The first-order valence-corrected chi connectivity index (χ1v) is 7.31. The summed E-state index contributed by atoms with van der Waals surface area (Å²) in [6, 6.07) is 3.79. The fraction of sp³-hybridized carbons (Fsp3) is 0.286. The van der Waals surface area contributed by atoms with Crippen LogP contribution < -0.4 is 11.1 Å². The number of nitrogens with two attached hydrogens (primary N) is 1. The van der Waals surface area contributed by atoms with Crippen molar-refractivity contribution < 1.29 is 9.72 Å². The third kappa shape index (κ3) is 3.22. The van der Waals surface area contributed by atoms with Crippen LogP contribution >= 0.6 is 11.3 Å². The third-order valence-electron chi connectivity index (χ3n) is 3.07. The van der Waals surface area contributed by atoms with Crippen molar-refractivity contribution >= 4 is 28.6 Å². The molecule has 116 valence electrons. The summed E-state index contributed by atoms with van der Waals surface area (Å²) in [5, 5.41) is 14.4. The second-order valence-corrected chi connectivity index (χ2v) is 6.62. The molecule has 3 N–H and O–H groups in total. The fourth-order valence-corrected chi connectivity index (χ4v) is 2.72. The van der Waals surface area contributed by atoms with E-state index in [1.54, 1.807) is 6.20 Å². The van der Waals surface area contributed by atoms with Crippen molar-refractivity contribution in [3.63, 3.8) is 0 Å². The Balaban J connectivity index is 2.29. The Labute approximate surface area is 131 Å². The highest BCUT2D eigenvalue weighted by molar-refractivity contribution is 7.11. The van der Waals surface area contributed by atoms with Gasteiger partial charge in [-0.25, -0.2) is 4.98 Å². The molecule has 1 aromatic heterocycles.